The van der Waals surface area contributed by atoms with Crippen LogP contribution in [0.25, 0.3) is 11.0 Å². The number of phenols is 1. The van der Waals surface area contributed by atoms with E-state index in [9.17, 15) is 23.5 Å². The van der Waals surface area contributed by atoms with Gasteiger partial charge in [-0.2, -0.15) is 0 Å². The lowest BCUT2D eigenvalue weighted by atomic mass is 10.1. The van der Waals surface area contributed by atoms with E-state index in [4.69, 9.17) is 23.2 Å². The van der Waals surface area contributed by atoms with E-state index in [0.717, 1.165) is 12.1 Å². The van der Waals surface area contributed by atoms with Gasteiger partial charge in [-0.05, 0) is 42.8 Å². The standard InChI is InChI=1S/C24H17Cl2F2N3O3/c1-2-12-6-7-20-21(29-12)22(32)15(11-31(20)10-14-18(27)4-3-5-19(14)28)24(34)30-13-8-16(25)23(33)17(26)9-13/h3-9,11,33H,2,10H2,1H3,(H,30,34). The number of hydrogen-bond acceptors (Lipinski definition) is 4. The lowest BCUT2D eigenvalue weighted by Gasteiger charge is -2.15. The molecular weight excluding hydrogens is 487 g/mol. The van der Waals surface area contributed by atoms with E-state index in [0.29, 0.717) is 17.6 Å². The lowest BCUT2D eigenvalue weighted by molar-refractivity contribution is 0.102. The van der Waals surface area contributed by atoms with Crippen molar-refractivity contribution in [3.8, 4) is 5.75 Å². The van der Waals surface area contributed by atoms with Crippen LogP contribution in [0.3, 0.4) is 0 Å². The Morgan fingerprint density at radius 3 is 2.38 bits per heavy atom. The number of nitrogens with zero attached hydrogens (tertiary/aromatic N) is 2. The molecule has 0 atom stereocenters. The molecule has 10 heteroatoms. The first kappa shape index (κ1) is 23.7. The molecule has 0 radical (unpaired) electrons. The first-order valence-electron chi connectivity index (χ1n) is 10.1. The Kier molecular flexibility index (Phi) is 6.54. The van der Waals surface area contributed by atoms with Crippen LogP contribution < -0.4 is 10.7 Å². The SMILES string of the molecule is CCc1ccc2c(n1)c(=O)c(C(=O)Nc1cc(Cl)c(O)c(Cl)c1)cn2Cc1c(F)cccc1F. The first-order chi connectivity index (χ1) is 16.2. The van der Waals surface area contributed by atoms with Gasteiger partial charge in [-0.1, -0.05) is 36.2 Å². The minimum absolute atomic E-state index is 0.00878. The van der Waals surface area contributed by atoms with Gasteiger partial charge in [0.15, 0.2) is 5.75 Å². The van der Waals surface area contributed by atoms with E-state index < -0.39 is 23.0 Å². The van der Waals surface area contributed by atoms with Crippen molar-refractivity contribution >= 4 is 45.8 Å². The summed E-state index contributed by atoms with van der Waals surface area (Å²) in [6.45, 7) is 1.58. The molecule has 34 heavy (non-hydrogen) atoms. The van der Waals surface area contributed by atoms with Crippen molar-refractivity contribution in [2.45, 2.75) is 19.9 Å². The zero-order valence-electron chi connectivity index (χ0n) is 17.7. The Morgan fingerprint density at radius 1 is 1.12 bits per heavy atom. The molecule has 0 spiro atoms. The quantitative estimate of drug-likeness (QED) is 0.349. The molecule has 6 nitrogen and oxygen atoms in total. The number of halogens is 4. The molecule has 0 fully saturated rings. The van der Waals surface area contributed by atoms with Crippen molar-refractivity contribution in [1.29, 1.82) is 0 Å². The molecule has 0 aliphatic rings. The van der Waals surface area contributed by atoms with Gasteiger partial charge in [-0.15, -0.1) is 0 Å². The van der Waals surface area contributed by atoms with Gasteiger partial charge in [0.25, 0.3) is 5.91 Å². The largest absolute Gasteiger partial charge is 0.505 e. The second kappa shape index (κ2) is 9.40. The van der Waals surface area contributed by atoms with Crippen molar-refractivity contribution < 1.29 is 18.7 Å². The molecule has 0 unspecified atom stereocenters. The van der Waals surface area contributed by atoms with Gasteiger partial charge >= 0.3 is 0 Å². The normalized spacial score (nSPS) is 11.1. The number of rotatable bonds is 5. The van der Waals surface area contributed by atoms with E-state index >= 15 is 0 Å². The lowest BCUT2D eigenvalue weighted by Crippen LogP contribution is -2.25. The number of phenolic OH excluding ortho intramolecular Hbond substituents is 1. The summed E-state index contributed by atoms with van der Waals surface area (Å²) >= 11 is 11.8. The zero-order valence-corrected chi connectivity index (χ0v) is 19.2. The molecule has 1 amide bonds. The summed E-state index contributed by atoms with van der Waals surface area (Å²) in [4.78, 5) is 30.6. The van der Waals surface area contributed by atoms with Crippen LogP contribution in [0.2, 0.25) is 10.0 Å². The number of aryl methyl sites for hydroxylation is 1. The summed E-state index contributed by atoms with van der Waals surface area (Å²) < 4.78 is 30.1. The second-order valence-electron chi connectivity index (χ2n) is 7.47. The molecular formula is C24H17Cl2F2N3O3. The van der Waals surface area contributed by atoms with Crippen molar-refractivity contribution in [3.05, 3.63) is 97.4 Å². The number of carbonyl (C=O) groups is 1. The zero-order chi connectivity index (χ0) is 24.6. The van der Waals surface area contributed by atoms with E-state index in [1.807, 2.05) is 6.92 Å². The number of carbonyl (C=O) groups excluding carboxylic acids is 1. The Hall–Kier alpha value is -3.49. The Morgan fingerprint density at radius 2 is 1.76 bits per heavy atom. The topological polar surface area (TPSA) is 84.2 Å². The third-order valence-electron chi connectivity index (χ3n) is 5.26. The smallest absolute Gasteiger partial charge is 0.261 e. The summed E-state index contributed by atoms with van der Waals surface area (Å²) in [6, 6.07) is 9.37. The summed E-state index contributed by atoms with van der Waals surface area (Å²) in [7, 11) is 0. The van der Waals surface area contributed by atoms with Crippen LogP contribution in [-0.2, 0) is 13.0 Å². The van der Waals surface area contributed by atoms with Gasteiger partial charge in [0.05, 0.1) is 22.1 Å². The summed E-state index contributed by atoms with van der Waals surface area (Å²) in [5.41, 5.74) is -0.116. The second-order valence-corrected chi connectivity index (χ2v) is 8.28. The average Bonchev–Trinajstić information content (AvgIpc) is 2.80. The molecule has 4 rings (SSSR count). The minimum atomic E-state index is -0.809. The summed E-state index contributed by atoms with van der Waals surface area (Å²) in [5.74, 6) is -2.68. The maximum absolute atomic E-state index is 14.3. The van der Waals surface area contributed by atoms with Gasteiger partial charge < -0.3 is 15.0 Å². The van der Waals surface area contributed by atoms with E-state index in [-0.39, 0.29) is 44.7 Å². The van der Waals surface area contributed by atoms with Crippen molar-refractivity contribution in [2.24, 2.45) is 0 Å². The Labute approximate surface area is 202 Å². The molecule has 0 aliphatic carbocycles. The number of benzene rings is 2. The number of anilines is 1. The molecule has 0 saturated heterocycles. The molecule has 4 aromatic rings. The van der Waals surface area contributed by atoms with Gasteiger partial charge in [0.2, 0.25) is 5.43 Å². The molecule has 2 aromatic carbocycles. The monoisotopic (exact) mass is 503 g/mol. The number of aromatic nitrogens is 2. The number of hydrogen-bond donors (Lipinski definition) is 2. The number of fused-ring (bicyclic) bond motifs is 1. The highest BCUT2D eigenvalue weighted by Gasteiger charge is 2.20. The van der Waals surface area contributed by atoms with Gasteiger partial charge in [-0.25, -0.2) is 13.8 Å². The predicted molar refractivity (Wildman–Crippen MR) is 127 cm³/mol. The summed E-state index contributed by atoms with van der Waals surface area (Å²) in [6.07, 6.45) is 1.76. The summed E-state index contributed by atoms with van der Waals surface area (Å²) in [5, 5.41) is 12.0. The third-order valence-corrected chi connectivity index (χ3v) is 5.83. The molecule has 2 N–H and O–H groups in total. The van der Waals surface area contributed by atoms with Crippen LogP contribution in [0.5, 0.6) is 5.75 Å². The maximum atomic E-state index is 14.3. The highest BCUT2D eigenvalue weighted by Crippen LogP contribution is 2.34. The number of pyridine rings is 2. The number of nitrogens with one attached hydrogen (secondary N) is 1. The van der Waals surface area contributed by atoms with Crippen LogP contribution in [-0.4, -0.2) is 20.6 Å². The van der Waals surface area contributed by atoms with Crippen LogP contribution in [0.1, 0.15) is 28.5 Å². The van der Waals surface area contributed by atoms with Gasteiger partial charge in [0.1, 0.15) is 22.7 Å². The van der Waals surface area contributed by atoms with Crippen molar-refractivity contribution in [2.75, 3.05) is 5.32 Å². The number of amides is 1. The average molecular weight is 504 g/mol. The maximum Gasteiger partial charge on any atom is 0.261 e. The van der Waals surface area contributed by atoms with Crippen LogP contribution in [0, 0.1) is 11.6 Å². The fraction of sp³-hybridized carbons (Fsp3) is 0.125. The van der Waals surface area contributed by atoms with Crippen LogP contribution >= 0.6 is 23.2 Å². The van der Waals surface area contributed by atoms with E-state index in [1.165, 1.54) is 29.0 Å². The molecule has 0 bridgehead atoms. The van der Waals surface area contributed by atoms with Crippen molar-refractivity contribution in [3.63, 3.8) is 0 Å². The molecule has 2 heterocycles. The highest BCUT2D eigenvalue weighted by atomic mass is 35.5. The van der Waals surface area contributed by atoms with E-state index in [1.54, 1.807) is 12.1 Å². The molecule has 2 aromatic heterocycles. The molecule has 0 saturated carbocycles. The fourth-order valence-electron chi connectivity index (χ4n) is 3.48. The van der Waals surface area contributed by atoms with Gasteiger partial charge in [0, 0.05) is 23.1 Å². The highest BCUT2D eigenvalue weighted by molar-refractivity contribution is 6.37. The van der Waals surface area contributed by atoms with E-state index in [2.05, 4.69) is 10.3 Å². The Balaban J connectivity index is 1.85. The van der Waals surface area contributed by atoms with Crippen LogP contribution in [0.4, 0.5) is 14.5 Å². The van der Waals surface area contributed by atoms with Crippen LogP contribution in [0.15, 0.2) is 53.5 Å². The molecule has 174 valence electrons. The predicted octanol–water partition coefficient (Wildman–Crippen LogP) is 5.55. The van der Waals surface area contributed by atoms with Gasteiger partial charge in [-0.3, -0.25) is 9.59 Å². The first-order valence-corrected chi connectivity index (χ1v) is 10.9. The molecule has 0 aliphatic heterocycles. The number of aromatic hydroxyl groups is 1. The Bertz CT molecular complexity index is 1460. The minimum Gasteiger partial charge on any atom is -0.505 e. The fourth-order valence-corrected chi connectivity index (χ4v) is 3.97. The van der Waals surface area contributed by atoms with Crippen molar-refractivity contribution in [1.82, 2.24) is 9.55 Å². The third kappa shape index (κ3) is 4.47.